The highest BCUT2D eigenvalue weighted by atomic mass is 32.8. The van der Waals surface area contributed by atoms with Crippen molar-refractivity contribution in [1.29, 1.82) is 0 Å². The quantitative estimate of drug-likeness (QED) is 0.408. The Bertz CT molecular complexity index is 51.0. The molecular formula is C3H9S2+. The molecule has 0 aromatic heterocycles. The molecule has 0 amide bonds. The van der Waals surface area contributed by atoms with Crippen LogP contribution in [0.2, 0.25) is 0 Å². The molecule has 0 fully saturated rings. The van der Waals surface area contributed by atoms with Gasteiger partial charge in [0, 0.05) is 0 Å². The van der Waals surface area contributed by atoms with Crippen LogP contribution in [0.1, 0.15) is 0 Å². The Morgan fingerprint density at radius 2 is 1.20 bits per heavy atom. The number of hydrogen-bond acceptors (Lipinski definition) is 1. The van der Waals surface area contributed by atoms with Gasteiger partial charge < -0.3 is 0 Å². The van der Waals surface area contributed by atoms with Crippen LogP contribution in [0.3, 0.4) is 0 Å². The van der Waals surface area contributed by atoms with Crippen molar-refractivity contribution in [3.8, 4) is 0 Å². The maximum absolute atomic E-state index is 4.91. The highest BCUT2D eigenvalue weighted by Crippen LogP contribution is 1.79. The van der Waals surface area contributed by atoms with Gasteiger partial charge in [-0.1, -0.05) is 8.59 Å². The van der Waals surface area contributed by atoms with Gasteiger partial charge in [-0.2, -0.15) is 0 Å². The van der Waals surface area contributed by atoms with Gasteiger partial charge in [-0.25, -0.2) is 0 Å². The average molecular weight is 109 g/mol. The molecule has 0 radical (unpaired) electrons. The fourth-order valence-electron chi connectivity index (χ4n) is 0. The SMILES string of the molecule is C[S+](C)(C)=S. The zero-order valence-corrected chi connectivity index (χ0v) is 5.45. The summed E-state index contributed by atoms with van der Waals surface area (Å²) in [4.78, 5) is 0. The first-order valence-electron chi connectivity index (χ1n) is 1.39. The van der Waals surface area contributed by atoms with Gasteiger partial charge in [-0.3, -0.25) is 0 Å². The fourth-order valence-corrected chi connectivity index (χ4v) is 0. The minimum atomic E-state index is -0.583. The minimum absolute atomic E-state index is 0.583. The molecule has 0 aliphatic heterocycles. The van der Waals surface area contributed by atoms with Crippen molar-refractivity contribution in [2.45, 2.75) is 0 Å². The molecule has 0 aliphatic rings. The van der Waals surface area contributed by atoms with Crippen LogP contribution in [0.5, 0.6) is 0 Å². The maximum atomic E-state index is 4.91. The summed E-state index contributed by atoms with van der Waals surface area (Å²) in [5, 5.41) is 0. The number of hydrogen-bond donors (Lipinski definition) is 0. The molecule has 0 aromatic carbocycles. The van der Waals surface area contributed by atoms with Gasteiger partial charge in [-0.15, -0.1) is 0 Å². The fraction of sp³-hybridized carbons (Fsp3) is 1.00. The van der Waals surface area contributed by atoms with Crippen LogP contribution in [-0.4, -0.2) is 18.8 Å². The standard InChI is InChI=1S/C3H9S2/c1-5(2,3)4/h1-3H3/q+1. The molecule has 0 N–H and O–H groups in total. The molecule has 0 aromatic rings. The van der Waals surface area contributed by atoms with Gasteiger partial charge in [0.25, 0.3) is 0 Å². The summed E-state index contributed by atoms with van der Waals surface area (Å²) in [6, 6.07) is 0. The average Bonchev–Trinajstić information content (AvgIpc) is 0.722. The zero-order chi connectivity index (χ0) is 4.50. The molecule has 2 heteroatoms. The van der Waals surface area contributed by atoms with E-state index < -0.39 is 8.59 Å². The molecule has 0 nitrogen and oxygen atoms in total. The van der Waals surface area contributed by atoms with E-state index in [-0.39, 0.29) is 0 Å². The predicted octanol–water partition coefficient (Wildman–Crippen LogP) is 0.492. The van der Waals surface area contributed by atoms with Gasteiger partial charge >= 0.3 is 0 Å². The van der Waals surface area contributed by atoms with E-state index in [2.05, 4.69) is 18.8 Å². The lowest BCUT2D eigenvalue weighted by atomic mass is 11.9. The van der Waals surface area contributed by atoms with E-state index in [1.54, 1.807) is 0 Å². The molecule has 0 saturated carbocycles. The summed E-state index contributed by atoms with van der Waals surface area (Å²) in [6.45, 7) is 0. The van der Waals surface area contributed by atoms with Crippen LogP contribution in [-0.2, 0) is 19.8 Å². The summed E-state index contributed by atoms with van der Waals surface area (Å²) in [5.74, 6) is 0. The number of rotatable bonds is 0. The molecule has 0 heterocycles. The molecule has 32 valence electrons. The summed E-state index contributed by atoms with van der Waals surface area (Å²) in [5.41, 5.74) is 0. The third-order valence-corrected chi connectivity index (χ3v) is 0. The second kappa shape index (κ2) is 1.35. The Labute approximate surface area is 39.1 Å². The lowest BCUT2D eigenvalue weighted by molar-refractivity contribution is 2.17. The summed E-state index contributed by atoms with van der Waals surface area (Å²) < 4.78 is 0. The zero-order valence-electron chi connectivity index (χ0n) is 3.82. The molecule has 0 atom stereocenters. The van der Waals surface area contributed by atoms with Crippen molar-refractivity contribution in [2.24, 2.45) is 0 Å². The van der Waals surface area contributed by atoms with E-state index in [9.17, 15) is 0 Å². The van der Waals surface area contributed by atoms with Crippen LogP contribution in [0.15, 0.2) is 0 Å². The molecule has 0 bridgehead atoms. The second-order valence-electron chi connectivity index (χ2n) is 1.72. The first-order valence-corrected chi connectivity index (χ1v) is 5.17. The summed E-state index contributed by atoms with van der Waals surface area (Å²) in [7, 11) is -0.583. The predicted molar refractivity (Wildman–Crippen MR) is 32.5 cm³/mol. The summed E-state index contributed by atoms with van der Waals surface area (Å²) in [6.07, 6.45) is 6.26. The van der Waals surface area contributed by atoms with Crippen molar-refractivity contribution < 1.29 is 0 Å². The van der Waals surface area contributed by atoms with Crippen molar-refractivity contribution >= 4 is 19.8 Å². The van der Waals surface area contributed by atoms with Gasteiger partial charge in [0.2, 0.25) is 0 Å². The monoisotopic (exact) mass is 109 g/mol. The third-order valence-electron chi connectivity index (χ3n) is 0. The van der Waals surface area contributed by atoms with E-state index in [0.717, 1.165) is 0 Å². The topological polar surface area (TPSA) is 0 Å². The minimum Gasteiger partial charge on any atom is -0.0632 e. The van der Waals surface area contributed by atoms with Crippen molar-refractivity contribution in [3.05, 3.63) is 0 Å². The Morgan fingerprint density at radius 3 is 1.20 bits per heavy atom. The van der Waals surface area contributed by atoms with E-state index in [1.165, 1.54) is 0 Å². The largest absolute Gasteiger partial charge is 0.131 e. The molecule has 0 unspecified atom stereocenters. The Kier molecular flexibility index (Phi) is 1.50. The van der Waals surface area contributed by atoms with E-state index in [4.69, 9.17) is 11.2 Å². The van der Waals surface area contributed by atoms with Gasteiger partial charge in [-0.05, 0) is 0 Å². The van der Waals surface area contributed by atoms with Crippen LogP contribution in [0.25, 0.3) is 0 Å². The highest BCUT2D eigenvalue weighted by molar-refractivity contribution is 8.39. The Hall–Kier alpha value is 0.570. The van der Waals surface area contributed by atoms with Crippen molar-refractivity contribution in [1.82, 2.24) is 0 Å². The molecular weight excluding hydrogens is 100 g/mol. The smallest absolute Gasteiger partial charge is 0.0632 e. The lowest BCUT2D eigenvalue weighted by Crippen LogP contribution is -1.96. The lowest BCUT2D eigenvalue weighted by Gasteiger charge is -1.86. The van der Waals surface area contributed by atoms with Crippen LogP contribution in [0.4, 0.5) is 0 Å². The maximum Gasteiger partial charge on any atom is 0.131 e. The van der Waals surface area contributed by atoms with E-state index >= 15 is 0 Å². The highest BCUT2D eigenvalue weighted by Gasteiger charge is 1.88. The Balaban J connectivity index is 3.47. The van der Waals surface area contributed by atoms with E-state index in [1.807, 2.05) is 0 Å². The van der Waals surface area contributed by atoms with Crippen LogP contribution in [0, 0.1) is 0 Å². The second-order valence-corrected chi connectivity index (χ2v) is 8.17. The molecule has 0 spiro atoms. The Morgan fingerprint density at radius 1 is 1.20 bits per heavy atom. The van der Waals surface area contributed by atoms with Crippen molar-refractivity contribution in [2.75, 3.05) is 18.8 Å². The normalized spacial score (nSPS) is 11.8. The first-order chi connectivity index (χ1) is 2.00. The molecule has 0 saturated heterocycles. The summed E-state index contributed by atoms with van der Waals surface area (Å²) >= 11 is 4.91. The molecule has 0 rings (SSSR count). The van der Waals surface area contributed by atoms with E-state index in [0.29, 0.717) is 0 Å². The first kappa shape index (κ1) is 5.57. The molecule has 0 aliphatic carbocycles. The van der Waals surface area contributed by atoms with Crippen molar-refractivity contribution in [3.63, 3.8) is 0 Å². The van der Waals surface area contributed by atoms with Gasteiger partial charge in [0.15, 0.2) is 0 Å². The molecule has 5 heavy (non-hydrogen) atoms. The van der Waals surface area contributed by atoms with Crippen LogP contribution < -0.4 is 0 Å². The third kappa shape index (κ3) is 92.9. The van der Waals surface area contributed by atoms with Crippen LogP contribution >= 0.6 is 0 Å². The van der Waals surface area contributed by atoms with Gasteiger partial charge in [0.05, 0.1) is 18.8 Å². The van der Waals surface area contributed by atoms with Gasteiger partial charge in [0.1, 0.15) is 11.2 Å².